The molecule has 1 fully saturated rings. The van der Waals surface area contributed by atoms with E-state index in [0.29, 0.717) is 17.8 Å². The van der Waals surface area contributed by atoms with E-state index in [2.05, 4.69) is 24.1 Å². The number of likely N-dealkylation sites (tertiary alicyclic amines) is 1. The number of benzene rings is 1. The molecule has 1 aromatic carbocycles. The Hall–Kier alpha value is -2.28. The standard InChI is InChI=1S/C13H21N3O.C6H11NO2/c1-3-16(4-2)10-9-15-13(17)11-5-7-12(14)8-6-11;8-6(9)7-4-2-1-3-5-7/h5-8H,3-4,9-10,14H2,1-2H3,(H,15,17);1-5H2,(H,8,9). The Labute approximate surface area is 156 Å². The first-order valence-electron chi connectivity index (χ1n) is 9.31. The molecule has 1 aromatic rings. The van der Waals surface area contributed by atoms with E-state index in [-0.39, 0.29) is 5.91 Å². The number of nitrogens with one attached hydrogen (secondary N) is 1. The fourth-order valence-electron chi connectivity index (χ4n) is 2.69. The number of carbonyl (C=O) groups excluding carboxylic acids is 1. The van der Waals surface area contributed by atoms with Crippen LogP contribution in [0.15, 0.2) is 24.3 Å². The maximum Gasteiger partial charge on any atom is 0.407 e. The molecule has 7 nitrogen and oxygen atoms in total. The average molecular weight is 364 g/mol. The number of nitrogen functional groups attached to an aromatic ring is 1. The summed E-state index contributed by atoms with van der Waals surface area (Å²) in [6.45, 7) is 9.27. The molecule has 0 atom stereocenters. The minimum atomic E-state index is -0.769. The first-order valence-corrected chi connectivity index (χ1v) is 9.31. The van der Waals surface area contributed by atoms with Gasteiger partial charge in [-0.05, 0) is 56.6 Å². The Morgan fingerprint density at radius 3 is 2.15 bits per heavy atom. The van der Waals surface area contributed by atoms with Crippen LogP contribution in [0.3, 0.4) is 0 Å². The largest absolute Gasteiger partial charge is 0.465 e. The summed E-state index contributed by atoms with van der Waals surface area (Å²) in [7, 11) is 0. The van der Waals surface area contributed by atoms with Crippen molar-refractivity contribution in [2.24, 2.45) is 0 Å². The topological polar surface area (TPSA) is 98.9 Å². The van der Waals surface area contributed by atoms with Crippen LogP contribution >= 0.6 is 0 Å². The molecule has 4 N–H and O–H groups in total. The van der Waals surface area contributed by atoms with E-state index in [0.717, 1.165) is 45.6 Å². The number of nitrogens with two attached hydrogens (primary N) is 1. The summed E-state index contributed by atoms with van der Waals surface area (Å²) >= 11 is 0. The highest BCUT2D eigenvalue weighted by atomic mass is 16.4. The second-order valence-electron chi connectivity index (χ2n) is 6.24. The highest BCUT2D eigenvalue weighted by Crippen LogP contribution is 2.07. The van der Waals surface area contributed by atoms with Gasteiger partial charge in [0, 0.05) is 37.4 Å². The van der Waals surface area contributed by atoms with Gasteiger partial charge in [-0.1, -0.05) is 13.8 Å². The molecule has 0 bridgehead atoms. The quantitative estimate of drug-likeness (QED) is 0.674. The molecule has 1 heterocycles. The molecule has 1 aliphatic heterocycles. The van der Waals surface area contributed by atoms with Crippen LogP contribution < -0.4 is 11.1 Å². The SMILES string of the molecule is CCN(CC)CCNC(=O)c1ccc(N)cc1.O=C(O)N1CCCCC1. The maximum absolute atomic E-state index is 11.7. The van der Waals surface area contributed by atoms with E-state index in [1.807, 2.05) is 0 Å². The zero-order chi connectivity index (χ0) is 19.4. The molecule has 26 heavy (non-hydrogen) atoms. The fraction of sp³-hybridized carbons (Fsp3) is 0.579. The third-order valence-electron chi connectivity index (χ3n) is 4.41. The van der Waals surface area contributed by atoms with Gasteiger partial charge in [0.25, 0.3) is 5.91 Å². The summed E-state index contributed by atoms with van der Waals surface area (Å²) in [4.78, 5) is 25.8. The second-order valence-corrected chi connectivity index (χ2v) is 6.24. The number of rotatable bonds is 6. The number of hydrogen-bond acceptors (Lipinski definition) is 4. The zero-order valence-corrected chi connectivity index (χ0v) is 15.9. The zero-order valence-electron chi connectivity index (χ0n) is 15.9. The molecule has 146 valence electrons. The van der Waals surface area contributed by atoms with Crippen LogP contribution in [0.4, 0.5) is 10.5 Å². The van der Waals surface area contributed by atoms with Crippen molar-refractivity contribution in [2.75, 3.05) is 45.0 Å². The lowest BCUT2D eigenvalue weighted by atomic mass is 10.1. The highest BCUT2D eigenvalue weighted by molar-refractivity contribution is 5.94. The Morgan fingerprint density at radius 1 is 1.12 bits per heavy atom. The summed E-state index contributed by atoms with van der Waals surface area (Å²) < 4.78 is 0. The molecule has 1 saturated heterocycles. The van der Waals surface area contributed by atoms with Crippen molar-refractivity contribution in [1.82, 2.24) is 15.1 Å². The molecule has 0 aliphatic carbocycles. The lowest BCUT2D eigenvalue weighted by Gasteiger charge is -2.22. The Kier molecular flexibility index (Phi) is 10.2. The summed E-state index contributed by atoms with van der Waals surface area (Å²) in [5.41, 5.74) is 6.89. The molecule has 0 aromatic heterocycles. The molecular formula is C19H32N4O3. The van der Waals surface area contributed by atoms with E-state index >= 15 is 0 Å². The summed E-state index contributed by atoms with van der Waals surface area (Å²) in [5, 5.41) is 11.4. The van der Waals surface area contributed by atoms with E-state index in [1.165, 1.54) is 11.3 Å². The molecule has 0 radical (unpaired) electrons. The molecule has 0 saturated carbocycles. The smallest absolute Gasteiger partial charge is 0.407 e. The van der Waals surface area contributed by atoms with Gasteiger partial charge in [-0.2, -0.15) is 0 Å². The predicted octanol–water partition coefficient (Wildman–Crippen LogP) is 2.49. The van der Waals surface area contributed by atoms with E-state index in [1.54, 1.807) is 24.3 Å². The predicted molar refractivity (Wildman–Crippen MR) is 104 cm³/mol. The van der Waals surface area contributed by atoms with Gasteiger partial charge in [0.2, 0.25) is 0 Å². The normalized spacial score (nSPS) is 13.7. The molecule has 0 unspecified atom stereocenters. The molecule has 1 aliphatic rings. The van der Waals surface area contributed by atoms with Crippen molar-refractivity contribution in [3.05, 3.63) is 29.8 Å². The van der Waals surface area contributed by atoms with Crippen molar-refractivity contribution < 1.29 is 14.7 Å². The van der Waals surface area contributed by atoms with Gasteiger partial charge in [-0.3, -0.25) is 4.79 Å². The minimum absolute atomic E-state index is 0.0443. The Morgan fingerprint density at radius 2 is 1.69 bits per heavy atom. The van der Waals surface area contributed by atoms with Gasteiger partial charge in [0.1, 0.15) is 0 Å². The van der Waals surface area contributed by atoms with Crippen LogP contribution in [-0.4, -0.2) is 66.2 Å². The molecule has 0 spiro atoms. The van der Waals surface area contributed by atoms with Crippen LogP contribution in [0.1, 0.15) is 43.5 Å². The molecule has 7 heteroatoms. The van der Waals surface area contributed by atoms with Crippen molar-refractivity contribution in [2.45, 2.75) is 33.1 Å². The third kappa shape index (κ3) is 8.20. The lowest BCUT2D eigenvalue weighted by molar-refractivity contribution is 0.0948. The van der Waals surface area contributed by atoms with Gasteiger partial charge in [-0.15, -0.1) is 0 Å². The fourth-order valence-corrected chi connectivity index (χ4v) is 2.69. The van der Waals surface area contributed by atoms with Gasteiger partial charge >= 0.3 is 6.09 Å². The number of carbonyl (C=O) groups is 2. The van der Waals surface area contributed by atoms with Crippen molar-refractivity contribution >= 4 is 17.7 Å². The molecule has 2 amide bonds. The van der Waals surface area contributed by atoms with Gasteiger partial charge in [-0.25, -0.2) is 4.79 Å². The Balaban J connectivity index is 0.000000314. The number of hydrogen-bond donors (Lipinski definition) is 3. The van der Waals surface area contributed by atoms with Crippen LogP contribution in [-0.2, 0) is 0 Å². The van der Waals surface area contributed by atoms with Gasteiger partial charge in [0.05, 0.1) is 0 Å². The van der Waals surface area contributed by atoms with Gasteiger partial charge in [0.15, 0.2) is 0 Å². The second kappa shape index (κ2) is 12.1. The minimum Gasteiger partial charge on any atom is -0.465 e. The van der Waals surface area contributed by atoms with Crippen LogP contribution in [0.5, 0.6) is 0 Å². The van der Waals surface area contributed by atoms with Crippen LogP contribution in [0.25, 0.3) is 0 Å². The monoisotopic (exact) mass is 364 g/mol. The number of anilines is 1. The lowest BCUT2D eigenvalue weighted by Crippen LogP contribution is -2.34. The van der Waals surface area contributed by atoms with Crippen LogP contribution in [0.2, 0.25) is 0 Å². The number of carboxylic acid groups (broad SMARTS) is 1. The van der Waals surface area contributed by atoms with Crippen molar-refractivity contribution in [1.29, 1.82) is 0 Å². The average Bonchev–Trinajstić information content (AvgIpc) is 2.67. The van der Waals surface area contributed by atoms with Crippen molar-refractivity contribution in [3.8, 4) is 0 Å². The Bertz CT molecular complexity index is 538. The molecular weight excluding hydrogens is 332 g/mol. The molecule has 2 rings (SSSR count). The number of piperidine rings is 1. The first kappa shape index (κ1) is 21.8. The highest BCUT2D eigenvalue weighted by Gasteiger charge is 2.13. The third-order valence-corrected chi connectivity index (χ3v) is 4.41. The van der Waals surface area contributed by atoms with Gasteiger partial charge < -0.3 is 26.0 Å². The van der Waals surface area contributed by atoms with E-state index in [4.69, 9.17) is 10.8 Å². The summed E-state index contributed by atoms with van der Waals surface area (Å²) in [6, 6.07) is 6.95. The first-order chi connectivity index (χ1) is 12.5. The number of nitrogens with zero attached hydrogens (tertiary/aromatic N) is 2. The maximum atomic E-state index is 11.7. The number of amides is 2. The van der Waals surface area contributed by atoms with E-state index in [9.17, 15) is 9.59 Å². The van der Waals surface area contributed by atoms with Crippen LogP contribution in [0, 0.1) is 0 Å². The summed E-state index contributed by atoms with van der Waals surface area (Å²) in [5.74, 6) is -0.0443. The van der Waals surface area contributed by atoms with Crippen molar-refractivity contribution in [3.63, 3.8) is 0 Å². The number of likely N-dealkylation sites (N-methyl/N-ethyl adjacent to an activating group) is 1. The van der Waals surface area contributed by atoms with E-state index < -0.39 is 6.09 Å². The summed E-state index contributed by atoms with van der Waals surface area (Å²) in [6.07, 6.45) is 2.48.